The van der Waals surface area contributed by atoms with Crippen LogP contribution >= 0.6 is 34.2 Å². The first kappa shape index (κ1) is 16.9. The Labute approximate surface area is 154 Å². The maximum absolute atomic E-state index is 11.5. The maximum Gasteiger partial charge on any atom is 0.189 e. The van der Waals surface area contributed by atoms with Crippen molar-refractivity contribution in [2.24, 2.45) is 5.41 Å². The van der Waals surface area contributed by atoms with Gasteiger partial charge in [0.1, 0.15) is 11.9 Å². The van der Waals surface area contributed by atoms with Crippen LogP contribution in [0.5, 0.6) is 0 Å². The zero-order valence-corrected chi connectivity index (χ0v) is 16.0. The largest absolute Gasteiger partial charge is 0.383 e. The second-order valence-corrected chi connectivity index (χ2v) is 8.05. The summed E-state index contributed by atoms with van der Waals surface area (Å²) in [6, 6.07) is 7.68. The second-order valence-electron chi connectivity index (χ2n) is 6.65. The lowest BCUT2D eigenvalue weighted by atomic mass is 9.76. The van der Waals surface area contributed by atoms with E-state index in [1.807, 2.05) is 24.3 Å². The molecule has 0 amide bonds. The highest BCUT2D eigenvalue weighted by Crippen LogP contribution is 2.50. The minimum absolute atomic E-state index is 0.222. The fourth-order valence-corrected chi connectivity index (χ4v) is 3.68. The van der Waals surface area contributed by atoms with E-state index in [9.17, 15) is 5.11 Å². The monoisotopic (exact) mass is 443 g/mol. The van der Waals surface area contributed by atoms with E-state index in [0.717, 1.165) is 27.8 Å². The van der Waals surface area contributed by atoms with Gasteiger partial charge in [-0.15, -0.1) is 0 Å². The van der Waals surface area contributed by atoms with Crippen LogP contribution < -0.4 is 0 Å². The van der Waals surface area contributed by atoms with E-state index in [-0.39, 0.29) is 5.41 Å². The van der Waals surface area contributed by atoms with Gasteiger partial charge in [-0.3, -0.25) is 0 Å². The second kappa shape index (κ2) is 6.18. The molecule has 122 valence electrons. The van der Waals surface area contributed by atoms with Crippen LogP contribution in [0.15, 0.2) is 36.2 Å². The Kier molecular flexibility index (Phi) is 4.55. The quantitative estimate of drug-likeness (QED) is 0.725. The molecule has 0 aliphatic heterocycles. The van der Waals surface area contributed by atoms with E-state index < -0.39 is 5.60 Å². The molecule has 1 heterocycles. The third-order valence-corrected chi connectivity index (χ3v) is 5.92. The molecule has 1 unspecified atom stereocenters. The lowest BCUT2D eigenvalue weighted by Crippen LogP contribution is -2.45. The fraction of sp³-hybridized carbons (Fsp3) is 0.412. The Morgan fingerprint density at radius 3 is 2.65 bits per heavy atom. The summed E-state index contributed by atoms with van der Waals surface area (Å²) in [7, 11) is 0. The van der Waals surface area contributed by atoms with Crippen LogP contribution in [-0.2, 0) is 6.54 Å². The molecule has 0 bridgehead atoms. The number of benzene rings is 1. The van der Waals surface area contributed by atoms with Crippen LogP contribution in [0.4, 0.5) is 0 Å². The van der Waals surface area contributed by atoms with E-state index in [4.69, 9.17) is 11.6 Å². The van der Waals surface area contributed by atoms with Crippen LogP contribution in [0.25, 0.3) is 6.08 Å². The number of nitrogens with zero attached hydrogens (tertiary/aromatic N) is 3. The van der Waals surface area contributed by atoms with Gasteiger partial charge in [-0.2, -0.15) is 5.10 Å². The van der Waals surface area contributed by atoms with Gasteiger partial charge in [0.05, 0.1) is 6.54 Å². The summed E-state index contributed by atoms with van der Waals surface area (Å²) in [5.41, 5.74) is 0.922. The third-order valence-electron chi connectivity index (χ3n) is 4.83. The predicted octanol–water partition coefficient (Wildman–Crippen LogP) is 4.17. The Bertz CT molecular complexity index is 739. The molecule has 0 saturated heterocycles. The molecule has 1 aromatic heterocycles. The minimum Gasteiger partial charge on any atom is -0.383 e. The zero-order valence-electron chi connectivity index (χ0n) is 13.1. The highest BCUT2D eigenvalue weighted by Gasteiger charge is 2.51. The summed E-state index contributed by atoms with van der Waals surface area (Å²) >= 11 is 8.09. The molecule has 1 aliphatic rings. The number of aromatic nitrogens is 3. The Balaban J connectivity index is 1.98. The Morgan fingerprint density at radius 2 is 2.04 bits per heavy atom. The van der Waals surface area contributed by atoms with Gasteiger partial charge in [-0.25, -0.2) is 9.67 Å². The number of rotatable bonds is 3. The third kappa shape index (κ3) is 3.19. The highest BCUT2D eigenvalue weighted by molar-refractivity contribution is 14.1. The average molecular weight is 444 g/mol. The standard InChI is InChI=1S/C17H19ClIN3O/c1-16(2)8-7-13(9-12-3-5-14(18)6-4-12)17(16,23)10-22-15(19)20-11-21-22/h3-6,9,11,23H,7-8,10H2,1-2H3. The number of hydrogen-bond acceptors (Lipinski definition) is 3. The van der Waals surface area contributed by atoms with Crippen LogP contribution in [-0.4, -0.2) is 25.5 Å². The summed E-state index contributed by atoms with van der Waals surface area (Å²) < 4.78 is 2.55. The van der Waals surface area contributed by atoms with Crippen LogP contribution in [0, 0.1) is 9.25 Å². The summed E-state index contributed by atoms with van der Waals surface area (Å²) in [5, 5.41) is 16.5. The van der Waals surface area contributed by atoms with Gasteiger partial charge in [0.15, 0.2) is 3.83 Å². The molecule has 2 aromatic rings. The van der Waals surface area contributed by atoms with Crippen molar-refractivity contribution in [3.05, 3.63) is 50.6 Å². The Morgan fingerprint density at radius 1 is 1.35 bits per heavy atom. The fourth-order valence-electron chi connectivity index (χ4n) is 3.14. The van der Waals surface area contributed by atoms with Gasteiger partial charge in [0, 0.05) is 27.6 Å². The molecular weight excluding hydrogens is 425 g/mol. The molecule has 23 heavy (non-hydrogen) atoms. The average Bonchev–Trinajstić information content (AvgIpc) is 2.98. The molecule has 1 atom stereocenters. The molecule has 1 fully saturated rings. The molecule has 1 aromatic carbocycles. The van der Waals surface area contributed by atoms with Gasteiger partial charge in [-0.1, -0.05) is 43.7 Å². The van der Waals surface area contributed by atoms with Crippen LogP contribution in [0.1, 0.15) is 32.3 Å². The van der Waals surface area contributed by atoms with E-state index in [2.05, 4.69) is 52.6 Å². The van der Waals surface area contributed by atoms with Gasteiger partial charge >= 0.3 is 0 Å². The normalized spacial score (nSPS) is 25.2. The van der Waals surface area contributed by atoms with Crippen molar-refractivity contribution in [3.8, 4) is 0 Å². The molecule has 6 heteroatoms. The van der Waals surface area contributed by atoms with Gasteiger partial charge in [0.25, 0.3) is 0 Å². The van der Waals surface area contributed by atoms with Crippen LogP contribution in [0.3, 0.4) is 0 Å². The van der Waals surface area contributed by atoms with Crippen molar-refractivity contribution in [1.82, 2.24) is 14.8 Å². The van der Waals surface area contributed by atoms with Gasteiger partial charge < -0.3 is 5.11 Å². The number of hydrogen-bond donors (Lipinski definition) is 1. The maximum atomic E-state index is 11.5. The first-order valence-electron chi connectivity index (χ1n) is 7.54. The zero-order chi connectivity index (χ0) is 16.7. The van der Waals surface area contributed by atoms with E-state index in [0.29, 0.717) is 11.6 Å². The molecule has 1 N–H and O–H groups in total. The lowest BCUT2D eigenvalue weighted by molar-refractivity contribution is -0.0304. The van der Waals surface area contributed by atoms with Crippen molar-refractivity contribution in [2.45, 2.75) is 38.8 Å². The molecule has 1 saturated carbocycles. The molecule has 4 nitrogen and oxygen atoms in total. The summed E-state index contributed by atoms with van der Waals surface area (Å²) in [4.78, 5) is 4.15. The highest BCUT2D eigenvalue weighted by atomic mass is 127. The topological polar surface area (TPSA) is 50.9 Å². The predicted molar refractivity (Wildman–Crippen MR) is 100 cm³/mol. The van der Waals surface area contributed by atoms with Gasteiger partial charge in [0.2, 0.25) is 0 Å². The number of aliphatic hydroxyl groups is 1. The van der Waals surface area contributed by atoms with E-state index in [1.165, 1.54) is 6.33 Å². The van der Waals surface area contributed by atoms with E-state index in [1.54, 1.807) is 4.68 Å². The van der Waals surface area contributed by atoms with Crippen molar-refractivity contribution in [3.63, 3.8) is 0 Å². The first-order valence-corrected chi connectivity index (χ1v) is 9.00. The lowest BCUT2D eigenvalue weighted by Gasteiger charge is -2.37. The minimum atomic E-state index is -0.944. The van der Waals surface area contributed by atoms with Crippen molar-refractivity contribution in [2.75, 3.05) is 0 Å². The summed E-state index contributed by atoms with van der Waals surface area (Å²) in [6.07, 6.45) is 5.41. The molecule has 3 rings (SSSR count). The number of halogens is 2. The SMILES string of the molecule is CC1(C)CCC(=Cc2ccc(Cl)cc2)C1(O)Cn1ncnc1I. The Hall–Kier alpha value is -0.920. The molecular formula is C17H19ClIN3O. The first-order chi connectivity index (χ1) is 10.8. The van der Waals surface area contributed by atoms with E-state index >= 15 is 0 Å². The molecule has 0 spiro atoms. The van der Waals surface area contributed by atoms with Crippen molar-refractivity contribution < 1.29 is 5.11 Å². The smallest absolute Gasteiger partial charge is 0.189 e. The van der Waals surface area contributed by atoms with Crippen LogP contribution in [0.2, 0.25) is 5.02 Å². The summed E-state index contributed by atoms with van der Waals surface area (Å²) in [6.45, 7) is 4.64. The molecule has 1 aliphatic carbocycles. The van der Waals surface area contributed by atoms with Crippen molar-refractivity contribution in [1.29, 1.82) is 0 Å². The van der Waals surface area contributed by atoms with Crippen molar-refractivity contribution >= 4 is 40.3 Å². The van der Waals surface area contributed by atoms with Gasteiger partial charge in [-0.05, 0) is 41.5 Å². The molecule has 0 radical (unpaired) electrons. The summed E-state index contributed by atoms with van der Waals surface area (Å²) in [5.74, 6) is 0.